The molecule has 0 spiro atoms. The SMILES string of the molecule is C=CCOc1ccc(-c2ccc(C)c(=O)n2CC(F)F)c(Br)c1. The molecule has 2 rings (SSSR count). The van der Waals surface area contributed by atoms with Gasteiger partial charge in [0.05, 0.1) is 12.2 Å². The van der Waals surface area contributed by atoms with Crippen molar-refractivity contribution in [1.82, 2.24) is 4.57 Å². The Hall–Kier alpha value is -1.95. The first kappa shape index (κ1) is 17.4. The molecule has 1 heterocycles. The van der Waals surface area contributed by atoms with Gasteiger partial charge in [-0.25, -0.2) is 8.78 Å². The summed E-state index contributed by atoms with van der Waals surface area (Å²) < 4.78 is 32.8. The average molecular weight is 384 g/mol. The van der Waals surface area contributed by atoms with Crippen LogP contribution < -0.4 is 10.3 Å². The molecule has 23 heavy (non-hydrogen) atoms. The fourth-order valence-electron chi connectivity index (χ4n) is 2.19. The highest BCUT2D eigenvalue weighted by molar-refractivity contribution is 9.10. The Bertz CT molecular complexity index is 772. The molecule has 0 aliphatic heterocycles. The third kappa shape index (κ3) is 4.07. The van der Waals surface area contributed by atoms with Gasteiger partial charge < -0.3 is 9.30 Å². The fourth-order valence-corrected chi connectivity index (χ4v) is 2.75. The molecule has 0 aliphatic carbocycles. The minimum absolute atomic E-state index is 0.367. The summed E-state index contributed by atoms with van der Waals surface area (Å²) in [6.45, 7) is 4.91. The van der Waals surface area contributed by atoms with E-state index in [1.807, 2.05) is 0 Å². The molecule has 0 saturated carbocycles. The maximum Gasteiger partial charge on any atom is 0.256 e. The van der Waals surface area contributed by atoms with Crippen molar-refractivity contribution in [3.8, 4) is 17.0 Å². The summed E-state index contributed by atoms with van der Waals surface area (Å²) in [5.41, 5.74) is 1.09. The molecule has 0 amide bonds. The molecule has 0 unspecified atom stereocenters. The molecular formula is C17H16BrF2NO2. The molecule has 0 N–H and O–H groups in total. The molecular weight excluding hydrogens is 368 g/mol. The highest BCUT2D eigenvalue weighted by Crippen LogP contribution is 2.31. The second kappa shape index (κ2) is 7.55. The van der Waals surface area contributed by atoms with Crippen molar-refractivity contribution in [2.24, 2.45) is 0 Å². The predicted molar refractivity (Wildman–Crippen MR) is 90.3 cm³/mol. The summed E-state index contributed by atoms with van der Waals surface area (Å²) in [4.78, 5) is 12.2. The molecule has 0 aliphatic rings. The number of hydrogen-bond donors (Lipinski definition) is 0. The van der Waals surface area contributed by atoms with Crippen LogP contribution in [0.2, 0.25) is 0 Å². The van der Waals surface area contributed by atoms with E-state index in [2.05, 4.69) is 22.5 Å². The number of aryl methyl sites for hydroxylation is 1. The molecule has 0 saturated heterocycles. The van der Waals surface area contributed by atoms with Gasteiger partial charge in [-0.05, 0) is 47.1 Å². The average Bonchev–Trinajstić information content (AvgIpc) is 2.50. The molecule has 1 aromatic carbocycles. The number of nitrogens with zero attached hydrogens (tertiary/aromatic N) is 1. The van der Waals surface area contributed by atoms with Crippen molar-refractivity contribution >= 4 is 15.9 Å². The van der Waals surface area contributed by atoms with Gasteiger partial charge in [-0.2, -0.15) is 0 Å². The Morgan fingerprint density at radius 3 is 2.70 bits per heavy atom. The maximum atomic E-state index is 12.8. The van der Waals surface area contributed by atoms with Crippen LogP contribution in [-0.4, -0.2) is 17.6 Å². The zero-order valence-corrected chi connectivity index (χ0v) is 14.1. The largest absolute Gasteiger partial charge is 0.490 e. The van der Waals surface area contributed by atoms with Gasteiger partial charge in [0.1, 0.15) is 12.4 Å². The van der Waals surface area contributed by atoms with Crippen LogP contribution in [0.3, 0.4) is 0 Å². The lowest BCUT2D eigenvalue weighted by molar-refractivity contribution is 0.126. The Balaban J connectivity index is 2.51. The minimum atomic E-state index is -2.61. The number of pyridine rings is 1. The van der Waals surface area contributed by atoms with E-state index in [1.165, 1.54) is 0 Å². The van der Waals surface area contributed by atoms with E-state index in [0.29, 0.717) is 33.6 Å². The molecule has 6 heteroatoms. The summed E-state index contributed by atoms with van der Waals surface area (Å²) in [7, 11) is 0. The van der Waals surface area contributed by atoms with Gasteiger partial charge in [0.15, 0.2) is 0 Å². The van der Waals surface area contributed by atoms with Crippen molar-refractivity contribution in [3.05, 3.63) is 63.4 Å². The van der Waals surface area contributed by atoms with Crippen molar-refractivity contribution in [2.75, 3.05) is 6.61 Å². The van der Waals surface area contributed by atoms with Gasteiger partial charge in [-0.15, -0.1) is 0 Å². The summed E-state index contributed by atoms with van der Waals surface area (Å²) in [6, 6.07) is 8.49. The van der Waals surface area contributed by atoms with Gasteiger partial charge in [0.2, 0.25) is 0 Å². The number of halogens is 3. The summed E-state index contributed by atoms with van der Waals surface area (Å²) in [5.74, 6) is 0.621. The van der Waals surface area contributed by atoms with Crippen LogP contribution in [0, 0.1) is 6.92 Å². The van der Waals surface area contributed by atoms with E-state index < -0.39 is 18.5 Å². The second-order valence-corrected chi connectivity index (χ2v) is 5.80. The molecule has 3 nitrogen and oxygen atoms in total. The van der Waals surface area contributed by atoms with E-state index in [-0.39, 0.29) is 0 Å². The van der Waals surface area contributed by atoms with E-state index in [4.69, 9.17) is 4.74 Å². The Kier molecular flexibility index (Phi) is 5.71. The quantitative estimate of drug-likeness (QED) is 0.691. The van der Waals surface area contributed by atoms with Gasteiger partial charge in [-0.1, -0.05) is 18.7 Å². The topological polar surface area (TPSA) is 31.2 Å². The van der Waals surface area contributed by atoms with Crippen LogP contribution in [-0.2, 0) is 6.54 Å². The molecule has 0 radical (unpaired) electrons. The monoisotopic (exact) mass is 383 g/mol. The smallest absolute Gasteiger partial charge is 0.256 e. The zero-order valence-electron chi connectivity index (χ0n) is 12.6. The first-order valence-electron chi connectivity index (χ1n) is 6.96. The molecule has 0 bridgehead atoms. The van der Waals surface area contributed by atoms with Crippen molar-refractivity contribution in [1.29, 1.82) is 0 Å². The number of alkyl halides is 2. The predicted octanol–water partition coefficient (Wildman–Crippen LogP) is 4.42. The van der Waals surface area contributed by atoms with Gasteiger partial charge in [0.25, 0.3) is 12.0 Å². The lowest BCUT2D eigenvalue weighted by Gasteiger charge is -2.15. The summed E-state index contributed by atoms with van der Waals surface area (Å²) in [6.07, 6.45) is -0.982. The third-order valence-electron chi connectivity index (χ3n) is 3.27. The third-order valence-corrected chi connectivity index (χ3v) is 3.93. The van der Waals surface area contributed by atoms with Crippen LogP contribution in [0.4, 0.5) is 8.78 Å². The highest BCUT2D eigenvalue weighted by Gasteiger charge is 2.15. The minimum Gasteiger partial charge on any atom is -0.490 e. The second-order valence-electron chi connectivity index (χ2n) is 4.95. The summed E-state index contributed by atoms with van der Waals surface area (Å²) >= 11 is 3.41. The molecule has 122 valence electrons. The van der Waals surface area contributed by atoms with E-state index in [0.717, 1.165) is 4.57 Å². The van der Waals surface area contributed by atoms with Gasteiger partial charge in [-0.3, -0.25) is 4.79 Å². The first-order valence-corrected chi connectivity index (χ1v) is 7.75. The lowest BCUT2D eigenvalue weighted by atomic mass is 10.1. The van der Waals surface area contributed by atoms with Gasteiger partial charge in [0, 0.05) is 15.6 Å². The van der Waals surface area contributed by atoms with Crippen LogP contribution in [0.15, 0.2) is 52.3 Å². The Morgan fingerprint density at radius 2 is 2.09 bits per heavy atom. The number of rotatable bonds is 6. The molecule has 0 atom stereocenters. The van der Waals surface area contributed by atoms with Crippen molar-refractivity contribution < 1.29 is 13.5 Å². The molecule has 0 fully saturated rings. The van der Waals surface area contributed by atoms with Crippen molar-refractivity contribution in [2.45, 2.75) is 19.9 Å². The van der Waals surface area contributed by atoms with Crippen LogP contribution in [0.5, 0.6) is 5.75 Å². The zero-order chi connectivity index (χ0) is 17.0. The van der Waals surface area contributed by atoms with E-state index >= 15 is 0 Å². The lowest BCUT2D eigenvalue weighted by Crippen LogP contribution is -2.26. The van der Waals surface area contributed by atoms with Gasteiger partial charge >= 0.3 is 0 Å². The normalized spacial score (nSPS) is 10.8. The van der Waals surface area contributed by atoms with E-state index in [9.17, 15) is 13.6 Å². The molecule has 2 aromatic rings. The Labute approximate surface area is 141 Å². The van der Waals surface area contributed by atoms with E-state index in [1.54, 1.807) is 43.3 Å². The Morgan fingerprint density at radius 1 is 1.35 bits per heavy atom. The maximum absolute atomic E-state index is 12.8. The molecule has 1 aromatic heterocycles. The summed E-state index contributed by atoms with van der Waals surface area (Å²) in [5, 5.41) is 0. The standard InChI is InChI=1S/C17H16BrF2NO2/c1-3-8-23-12-5-6-13(14(18)9-12)15-7-4-11(2)17(22)21(15)10-16(19)20/h3-7,9,16H,1,8,10H2,2H3. The highest BCUT2D eigenvalue weighted by atomic mass is 79.9. The number of ether oxygens (including phenoxy) is 1. The van der Waals surface area contributed by atoms with Crippen molar-refractivity contribution in [3.63, 3.8) is 0 Å². The first-order chi connectivity index (χ1) is 10.9. The fraction of sp³-hybridized carbons (Fsp3) is 0.235. The number of hydrogen-bond acceptors (Lipinski definition) is 2. The number of aromatic nitrogens is 1. The van der Waals surface area contributed by atoms with Crippen LogP contribution >= 0.6 is 15.9 Å². The van der Waals surface area contributed by atoms with Crippen LogP contribution in [0.25, 0.3) is 11.3 Å². The van der Waals surface area contributed by atoms with Crippen LogP contribution in [0.1, 0.15) is 5.56 Å². The number of benzene rings is 1.